The van der Waals surface area contributed by atoms with E-state index in [1.807, 2.05) is 0 Å². The number of hydrogen-bond donors (Lipinski definition) is 1. The maximum absolute atomic E-state index is 9.85. The first-order chi connectivity index (χ1) is 8.89. The topological polar surface area (TPSA) is 20.2 Å². The summed E-state index contributed by atoms with van der Waals surface area (Å²) >= 11 is 0. The molecular weight excluding hydrogens is 220 g/mol. The van der Waals surface area contributed by atoms with Gasteiger partial charge in [0.2, 0.25) is 0 Å². The van der Waals surface area contributed by atoms with E-state index in [0.29, 0.717) is 0 Å². The first-order valence-corrected chi connectivity index (χ1v) is 8.22. The zero-order chi connectivity index (χ0) is 12.9. The zero-order valence-electron chi connectivity index (χ0n) is 12.1. The molecule has 0 spiro atoms. The summed E-state index contributed by atoms with van der Waals surface area (Å²) in [6.07, 6.45) is 22.5. The van der Waals surface area contributed by atoms with Gasteiger partial charge in [0.15, 0.2) is 0 Å². The maximum atomic E-state index is 9.85. The monoisotopic (exact) mass is 252 g/mol. The van der Waals surface area contributed by atoms with E-state index in [0.717, 1.165) is 12.8 Å². The Morgan fingerprint density at radius 3 is 1.44 bits per heavy atom. The quantitative estimate of drug-likeness (QED) is 0.574. The summed E-state index contributed by atoms with van der Waals surface area (Å²) in [7, 11) is 0. The molecule has 0 aliphatic heterocycles. The van der Waals surface area contributed by atoms with Crippen LogP contribution in [0.25, 0.3) is 0 Å². The van der Waals surface area contributed by atoms with Crippen LogP contribution < -0.4 is 0 Å². The van der Waals surface area contributed by atoms with Gasteiger partial charge in [-0.1, -0.05) is 63.5 Å². The van der Waals surface area contributed by atoms with E-state index >= 15 is 0 Å². The summed E-state index contributed by atoms with van der Waals surface area (Å²) in [6, 6.07) is 0. The van der Waals surface area contributed by atoms with Crippen molar-refractivity contribution in [1.29, 1.82) is 0 Å². The summed E-state index contributed by atoms with van der Waals surface area (Å²) < 4.78 is 0. The minimum atomic E-state index is -0.0272. The Balaban J connectivity index is 2.15. The molecule has 0 amide bonds. The smallest absolute Gasteiger partial charge is 0.0540 e. The summed E-state index contributed by atoms with van der Waals surface area (Å²) in [6.45, 7) is 0. The van der Waals surface area contributed by atoms with Crippen LogP contribution in [0.5, 0.6) is 0 Å². The molecule has 0 aromatic heterocycles. The molecule has 1 heteroatoms. The van der Waals surface area contributed by atoms with Crippen LogP contribution in [-0.2, 0) is 0 Å². The third-order valence-corrected chi connectivity index (χ3v) is 3.98. The van der Waals surface area contributed by atoms with E-state index in [1.165, 1.54) is 77.0 Å². The Bertz CT molecular complexity index is 198. The highest BCUT2D eigenvalue weighted by Gasteiger charge is 2.03. The van der Waals surface area contributed by atoms with Crippen LogP contribution in [0.3, 0.4) is 0 Å². The van der Waals surface area contributed by atoms with Crippen molar-refractivity contribution in [2.24, 2.45) is 0 Å². The van der Waals surface area contributed by atoms with Gasteiger partial charge in [-0.15, -0.1) is 0 Å². The normalized spacial score (nSPS) is 28.4. The molecule has 0 aromatic carbocycles. The van der Waals surface area contributed by atoms with Gasteiger partial charge in [0.05, 0.1) is 6.10 Å². The molecule has 1 N–H and O–H groups in total. The van der Waals surface area contributed by atoms with Gasteiger partial charge >= 0.3 is 0 Å². The lowest BCUT2D eigenvalue weighted by molar-refractivity contribution is 0.147. The lowest BCUT2D eigenvalue weighted by atomic mass is 10.0. The van der Waals surface area contributed by atoms with Gasteiger partial charge in [-0.25, -0.2) is 0 Å². The molecular formula is C17H32O. The van der Waals surface area contributed by atoms with Gasteiger partial charge in [-0.3, -0.25) is 0 Å². The van der Waals surface area contributed by atoms with Crippen LogP contribution in [0, 0.1) is 0 Å². The van der Waals surface area contributed by atoms with E-state index in [-0.39, 0.29) is 6.10 Å². The second kappa shape index (κ2) is 11.8. The molecule has 0 bridgehead atoms. The van der Waals surface area contributed by atoms with Crippen molar-refractivity contribution in [1.82, 2.24) is 0 Å². The molecule has 0 aromatic rings. The van der Waals surface area contributed by atoms with Crippen molar-refractivity contribution in [3.63, 3.8) is 0 Å². The molecule has 0 fully saturated rings. The molecule has 1 aliphatic carbocycles. The first-order valence-electron chi connectivity index (χ1n) is 8.22. The summed E-state index contributed by atoms with van der Waals surface area (Å²) in [5.41, 5.74) is 0. The number of hydrogen-bond acceptors (Lipinski definition) is 1. The van der Waals surface area contributed by atoms with Gasteiger partial charge in [-0.2, -0.15) is 0 Å². The minimum absolute atomic E-state index is 0.0272. The molecule has 0 heterocycles. The van der Waals surface area contributed by atoms with Crippen molar-refractivity contribution in [2.75, 3.05) is 0 Å². The highest BCUT2D eigenvalue weighted by atomic mass is 16.3. The third kappa shape index (κ3) is 9.70. The van der Waals surface area contributed by atoms with Gasteiger partial charge < -0.3 is 5.11 Å². The molecule has 106 valence electrons. The molecule has 18 heavy (non-hydrogen) atoms. The highest BCUT2D eigenvalue weighted by Crippen LogP contribution is 2.14. The van der Waals surface area contributed by atoms with Crippen LogP contribution in [-0.4, -0.2) is 11.2 Å². The number of aliphatic hydroxyl groups excluding tert-OH is 1. The molecule has 0 saturated carbocycles. The predicted molar refractivity (Wildman–Crippen MR) is 79.8 cm³/mol. The average Bonchev–Trinajstić information content (AvgIpc) is 2.37. The van der Waals surface area contributed by atoms with Gasteiger partial charge in [0, 0.05) is 0 Å². The van der Waals surface area contributed by atoms with Gasteiger partial charge in [0.1, 0.15) is 0 Å². The van der Waals surface area contributed by atoms with Crippen molar-refractivity contribution in [2.45, 2.75) is 96.0 Å². The Morgan fingerprint density at radius 1 is 0.556 bits per heavy atom. The van der Waals surface area contributed by atoms with E-state index < -0.39 is 0 Å². The average molecular weight is 252 g/mol. The van der Waals surface area contributed by atoms with E-state index in [2.05, 4.69) is 12.2 Å². The summed E-state index contributed by atoms with van der Waals surface area (Å²) in [5, 5.41) is 9.85. The Morgan fingerprint density at radius 2 is 0.944 bits per heavy atom. The lowest BCUT2D eigenvalue weighted by Gasteiger charge is -2.10. The van der Waals surface area contributed by atoms with E-state index in [1.54, 1.807) is 0 Å². The molecule has 0 saturated heterocycles. The maximum Gasteiger partial charge on any atom is 0.0540 e. The standard InChI is InChI=1S/C17H32O/c18-17-15-13-11-9-7-5-3-1-2-4-6-8-10-12-14-16-17/h1,3,17-18H,2,4-16H2/b3-1+. The predicted octanol–water partition coefficient (Wildman–Crippen LogP) is 5.38. The molecule has 1 nitrogen and oxygen atoms in total. The van der Waals surface area contributed by atoms with E-state index in [4.69, 9.17) is 0 Å². The van der Waals surface area contributed by atoms with Crippen LogP contribution in [0.15, 0.2) is 12.2 Å². The second-order valence-corrected chi connectivity index (χ2v) is 5.82. The van der Waals surface area contributed by atoms with Crippen molar-refractivity contribution < 1.29 is 5.11 Å². The van der Waals surface area contributed by atoms with Gasteiger partial charge in [-0.05, 0) is 38.5 Å². The van der Waals surface area contributed by atoms with Crippen molar-refractivity contribution in [3.8, 4) is 0 Å². The van der Waals surface area contributed by atoms with Gasteiger partial charge in [0.25, 0.3) is 0 Å². The zero-order valence-corrected chi connectivity index (χ0v) is 12.1. The SMILES string of the molecule is OC1CCCCCC/C=C/CCCCCCCC1. The molecule has 1 atom stereocenters. The summed E-state index contributed by atoms with van der Waals surface area (Å²) in [5.74, 6) is 0. The third-order valence-electron chi connectivity index (χ3n) is 3.98. The Labute approximate surface area is 114 Å². The van der Waals surface area contributed by atoms with Crippen LogP contribution in [0.1, 0.15) is 89.9 Å². The van der Waals surface area contributed by atoms with Crippen LogP contribution in [0.4, 0.5) is 0 Å². The van der Waals surface area contributed by atoms with E-state index in [9.17, 15) is 5.11 Å². The second-order valence-electron chi connectivity index (χ2n) is 5.82. The Hall–Kier alpha value is -0.300. The minimum Gasteiger partial charge on any atom is -0.393 e. The largest absolute Gasteiger partial charge is 0.393 e. The number of allylic oxidation sites excluding steroid dienone is 2. The van der Waals surface area contributed by atoms with Crippen LogP contribution >= 0.6 is 0 Å². The van der Waals surface area contributed by atoms with Crippen molar-refractivity contribution >= 4 is 0 Å². The molecule has 1 rings (SSSR count). The lowest BCUT2D eigenvalue weighted by Crippen LogP contribution is -2.05. The molecule has 1 aliphatic rings. The fourth-order valence-electron chi connectivity index (χ4n) is 2.73. The molecule has 1 unspecified atom stereocenters. The fourth-order valence-corrected chi connectivity index (χ4v) is 2.73. The number of aliphatic hydroxyl groups is 1. The summed E-state index contributed by atoms with van der Waals surface area (Å²) in [4.78, 5) is 0. The first kappa shape index (κ1) is 15.8. The fraction of sp³-hybridized carbons (Fsp3) is 0.882. The molecule has 0 radical (unpaired) electrons. The van der Waals surface area contributed by atoms with Crippen molar-refractivity contribution in [3.05, 3.63) is 12.2 Å². The highest BCUT2D eigenvalue weighted by molar-refractivity contribution is 4.81. The van der Waals surface area contributed by atoms with Crippen LogP contribution in [0.2, 0.25) is 0 Å². The number of rotatable bonds is 0. The Kier molecular flexibility index (Phi) is 10.3.